The van der Waals surface area contributed by atoms with Crippen LogP contribution >= 0.6 is 11.6 Å². The average molecular weight is 216 g/mol. The Kier molecular flexibility index (Phi) is 4.36. The number of benzene rings is 1. The van der Waals surface area contributed by atoms with Crippen molar-refractivity contribution in [1.29, 1.82) is 0 Å². The lowest BCUT2D eigenvalue weighted by molar-refractivity contribution is 0.589. The topological polar surface area (TPSA) is 26.0 Å². The zero-order chi connectivity index (χ0) is 10.6. The van der Waals surface area contributed by atoms with E-state index >= 15 is 0 Å². The molecule has 0 amide bonds. The molecule has 3 heteroatoms. The monoisotopic (exact) mass is 215 g/mol. The first-order valence-corrected chi connectivity index (χ1v) is 5.24. The van der Waals surface area contributed by atoms with Crippen molar-refractivity contribution >= 4 is 11.6 Å². The average Bonchev–Trinajstić information content (AvgIpc) is 2.18. The van der Waals surface area contributed by atoms with Gasteiger partial charge in [-0.05, 0) is 18.1 Å². The summed E-state index contributed by atoms with van der Waals surface area (Å²) in [6, 6.07) is 4.62. The molecule has 1 aromatic carbocycles. The third kappa shape index (κ3) is 2.69. The highest BCUT2D eigenvalue weighted by Crippen LogP contribution is 2.26. The van der Waals surface area contributed by atoms with Crippen LogP contribution in [0.1, 0.15) is 37.8 Å². The van der Waals surface area contributed by atoms with E-state index in [-0.39, 0.29) is 11.1 Å². The quantitative estimate of drug-likeness (QED) is 0.815. The molecule has 78 valence electrons. The van der Waals surface area contributed by atoms with Gasteiger partial charge in [0.2, 0.25) is 0 Å². The number of nitrogens with two attached hydrogens (primary N) is 1. The van der Waals surface area contributed by atoms with E-state index in [9.17, 15) is 4.39 Å². The van der Waals surface area contributed by atoms with Crippen molar-refractivity contribution in [2.24, 2.45) is 5.73 Å². The van der Waals surface area contributed by atoms with Crippen LogP contribution in [0.15, 0.2) is 18.2 Å². The Balaban J connectivity index is 2.79. The maximum atomic E-state index is 13.1. The van der Waals surface area contributed by atoms with Crippen LogP contribution in [0.4, 0.5) is 4.39 Å². The molecule has 0 aliphatic heterocycles. The van der Waals surface area contributed by atoms with Crippen LogP contribution in [0.2, 0.25) is 5.02 Å². The van der Waals surface area contributed by atoms with E-state index in [1.807, 2.05) is 0 Å². The molecule has 1 nitrogen and oxygen atoms in total. The van der Waals surface area contributed by atoms with E-state index in [0.717, 1.165) is 19.3 Å². The minimum absolute atomic E-state index is 0.154. The summed E-state index contributed by atoms with van der Waals surface area (Å²) >= 11 is 5.81. The second kappa shape index (κ2) is 5.32. The van der Waals surface area contributed by atoms with E-state index in [2.05, 4.69) is 6.92 Å². The third-order valence-electron chi connectivity index (χ3n) is 2.25. The van der Waals surface area contributed by atoms with Gasteiger partial charge in [0.1, 0.15) is 5.82 Å². The summed E-state index contributed by atoms with van der Waals surface area (Å²) in [7, 11) is 0. The zero-order valence-corrected chi connectivity index (χ0v) is 9.02. The summed E-state index contributed by atoms with van der Waals surface area (Å²) in [4.78, 5) is 0. The highest BCUT2D eigenvalue weighted by Gasteiger charge is 2.12. The second-order valence-corrected chi connectivity index (χ2v) is 3.77. The molecule has 0 saturated heterocycles. The fraction of sp³-hybridized carbons (Fsp3) is 0.455. The molecule has 0 spiro atoms. The molecule has 0 bridgehead atoms. The molecule has 1 rings (SSSR count). The lowest BCUT2D eigenvalue weighted by Crippen LogP contribution is -2.11. The molecule has 1 aromatic rings. The SMILES string of the molecule is CCCC[C@@H](N)c1cccc(F)c1Cl. The van der Waals surface area contributed by atoms with Gasteiger partial charge in [0.05, 0.1) is 5.02 Å². The van der Waals surface area contributed by atoms with Crippen molar-refractivity contribution in [3.8, 4) is 0 Å². The van der Waals surface area contributed by atoms with Crippen molar-refractivity contribution < 1.29 is 4.39 Å². The van der Waals surface area contributed by atoms with Gasteiger partial charge >= 0.3 is 0 Å². The van der Waals surface area contributed by atoms with Gasteiger partial charge in [-0.25, -0.2) is 4.39 Å². The Morgan fingerprint density at radius 2 is 2.21 bits per heavy atom. The highest BCUT2D eigenvalue weighted by atomic mass is 35.5. The standard InChI is InChI=1S/C11H15ClFN/c1-2-3-7-10(14)8-5-4-6-9(13)11(8)12/h4-6,10H,2-3,7,14H2,1H3/t10-/m1/s1. The van der Waals surface area contributed by atoms with Gasteiger partial charge in [0.15, 0.2) is 0 Å². The third-order valence-corrected chi connectivity index (χ3v) is 2.65. The summed E-state index contributed by atoms with van der Waals surface area (Å²) in [5, 5.41) is 0.163. The molecule has 2 N–H and O–H groups in total. The Bertz CT molecular complexity index is 301. The molecule has 1 atom stereocenters. The number of hydrogen-bond acceptors (Lipinski definition) is 1. The van der Waals surface area contributed by atoms with Gasteiger partial charge in [-0.1, -0.05) is 43.5 Å². The Labute approximate surface area is 89.1 Å². The van der Waals surface area contributed by atoms with E-state index in [0.29, 0.717) is 5.56 Å². The van der Waals surface area contributed by atoms with Crippen molar-refractivity contribution in [3.63, 3.8) is 0 Å². The van der Waals surface area contributed by atoms with Crippen LogP contribution in [0.25, 0.3) is 0 Å². The van der Waals surface area contributed by atoms with Crippen LogP contribution in [-0.4, -0.2) is 0 Å². The van der Waals surface area contributed by atoms with Crippen LogP contribution in [-0.2, 0) is 0 Å². The van der Waals surface area contributed by atoms with Crippen molar-refractivity contribution in [1.82, 2.24) is 0 Å². The van der Waals surface area contributed by atoms with Gasteiger partial charge < -0.3 is 5.73 Å². The van der Waals surface area contributed by atoms with Crippen LogP contribution in [0, 0.1) is 5.82 Å². The van der Waals surface area contributed by atoms with E-state index in [4.69, 9.17) is 17.3 Å². The number of rotatable bonds is 4. The molecule has 0 fully saturated rings. The van der Waals surface area contributed by atoms with Crippen molar-refractivity contribution in [3.05, 3.63) is 34.6 Å². The van der Waals surface area contributed by atoms with Crippen molar-refractivity contribution in [2.75, 3.05) is 0 Å². The summed E-state index contributed by atoms with van der Waals surface area (Å²) in [5.74, 6) is -0.392. The van der Waals surface area contributed by atoms with Crippen LogP contribution in [0.5, 0.6) is 0 Å². The predicted octanol–water partition coefficient (Wildman–Crippen LogP) is 3.67. The van der Waals surface area contributed by atoms with Gasteiger partial charge in [0.25, 0.3) is 0 Å². The molecule has 0 radical (unpaired) electrons. The number of hydrogen-bond donors (Lipinski definition) is 1. The largest absolute Gasteiger partial charge is 0.324 e. The van der Waals surface area contributed by atoms with E-state index < -0.39 is 5.82 Å². The molecular formula is C11H15ClFN. The Hall–Kier alpha value is -0.600. The van der Waals surface area contributed by atoms with Gasteiger partial charge in [-0.3, -0.25) is 0 Å². The normalized spacial score (nSPS) is 12.9. The fourth-order valence-corrected chi connectivity index (χ4v) is 1.65. The highest BCUT2D eigenvalue weighted by molar-refractivity contribution is 6.31. The summed E-state index contributed by atoms with van der Waals surface area (Å²) in [6.07, 6.45) is 2.97. The van der Waals surface area contributed by atoms with Crippen LogP contribution in [0.3, 0.4) is 0 Å². The van der Waals surface area contributed by atoms with E-state index in [1.54, 1.807) is 12.1 Å². The van der Waals surface area contributed by atoms with Gasteiger partial charge in [0, 0.05) is 6.04 Å². The molecule has 0 aromatic heterocycles. The molecular weight excluding hydrogens is 201 g/mol. The van der Waals surface area contributed by atoms with E-state index in [1.165, 1.54) is 6.07 Å². The molecule has 0 aliphatic rings. The minimum Gasteiger partial charge on any atom is -0.324 e. The number of unbranched alkanes of at least 4 members (excludes halogenated alkanes) is 1. The predicted molar refractivity (Wildman–Crippen MR) is 57.9 cm³/mol. The second-order valence-electron chi connectivity index (χ2n) is 3.39. The fourth-order valence-electron chi connectivity index (χ4n) is 1.39. The van der Waals surface area contributed by atoms with Gasteiger partial charge in [-0.15, -0.1) is 0 Å². The Morgan fingerprint density at radius 1 is 1.50 bits per heavy atom. The lowest BCUT2D eigenvalue weighted by atomic mass is 10.0. The molecule has 0 unspecified atom stereocenters. The first kappa shape index (κ1) is 11.5. The zero-order valence-electron chi connectivity index (χ0n) is 8.26. The molecule has 0 heterocycles. The lowest BCUT2D eigenvalue weighted by Gasteiger charge is -2.13. The molecule has 0 aliphatic carbocycles. The molecule has 14 heavy (non-hydrogen) atoms. The maximum Gasteiger partial charge on any atom is 0.142 e. The summed E-state index contributed by atoms with van der Waals surface area (Å²) < 4.78 is 13.1. The summed E-state index contributed by atoms with van der Waals surface area (Å²) in [5.41, 5.74) is 6.61. The minimum atomic E-state index is -0.392. The van der Waals surface area contributed by atoms with Gasteiger partial charge in [-0.2, -0.15) is 0 Å². The number of halogens is 2. The molecule has 0 saturated carbocycles. The first-order chi connectivity index (χ1) is 6.66. The first-order valence-electron chi connectivity index (χ1n) is 4.86. The summed E-state index contributed by atoms with van der Waals surface area (Å²) in [6.45, 7) is 2.10. The maximum absolute atomic E-state index is 13.1. The smallest absolute Gasteiger partial charge is 0.142 e. The Morgan fingerprint density at radius 3 is 2.86 bits per heavy atom. The van der Waals surface area contributed by atoms with Crippen molar-refractivity contribution in [2.45, 2.75) is 32.2 Å². The van der Waals surface area contributed by atoms with Crippen LogP contribution < -0.4 is 5.73 Å².